The second-order valence-corrected chi connectivity index (χ2v) is 13.9. The molecule has 10 rings (SSSR count). The zero-order valence-corrected chi connectivity index (χ0v) is 27.9. The Morgan fingerprint density at radius 1 is 0.420 bits per heavy atom. The number of rotatable bonds is 5. The molecule has 2 atom stereocenters. The Bertz CT molecular complexity index is 2620. The van der Waals surface area contributed by atoms with Crippen LogP contribution in [0.3, 0.4) is 0 Å². The van der Waals surface area contributed by atoms with E-state index >= 15 is 0 Å². The summed E-state index contributed by atoms with van der Waals surface area (Å²) in [4.78, 5) is 4.27. The van der Waals surface area contributed by atoms with Crippen molar-refractivity contribution in [3.63, 3.8) is 0 Å². The molecule has 0 N–H and O–H groups in total. The summed E-state index contributed by atoms with van der Waals surface area (Å²) in [6.45, 7) is 0. The number of fused-ring (bicyclic) bond motifs is 6. The van der Waals surface area contributed by atoms with Crippen molar-refractivity contribution in [2.75, 3.05) is 0 Å². The van der Waals surface area contributed by atoms with Gasteiger partial charge in [-0.15, -0.1) is 0 Å². The minimum Gasteiger partial charge on any atom is -0.309 e. The zero-order valence-electron chi connectivity index (χ0n) is 27.9. The average Bonchev–Trinajstić information content (AvgIpc) is 3.71. The molecule has 2 unspecified atom stereocenters. The Morgan fingerprint density at radius 2 is 0.960 bits per heavy atom. The van der Waals surface area contributed by atoms with E-state index in [1.165, 1.54) is 103 Å². The van der Waals surface area contributed by atoms with Crippen LogP contribution in [0, 0.1) is 0 Å². The molecule has 3 aromatic heterocycles. The van der Waals surface area contributed by atoms with E-state index in [9.17, 15) is 0 Å². The Balaban J connectivity index is 1.08. The molecule has 0 aliphatic heterocycles. The van der Waals surface area contributed by atoms with Crippen LogP contribution in [0.5, 0.6) is 0 Å². The fourth-order valence-corrected chi connectivity index (χ4v) is 8.80. The van der Waals surface area contributed by atoms with Gasteiger partial charge >= 0.3 is 0 Å². The van der Waals surface area contributed by atoms with Gasteiger partial charge in [0.2, 0.25) is 0 Å². The summed E-state index contributed by atoms with van der Waals surface area (Å²) < 4.78 is 4.89. The Hall–Kier alpha value is -5.93. The third-order valence-corrected chi connectivity index (χ3v) is 11.1. The average molecular weight is 644 g/mol. The van der Waals surface area contributed by atoms with E-state index in [-0.39, 0.29) is 0 Å². The van der Waals surface area contributed by atoms with E-state index in [4.69, 9.17) is 0 Å². The van der Waals surface area contributed by atoms with Crippen molar-refractivity contribution < 1.29 is 0 Å². The monoisotopic (exact) mass is 643 g/mol. The van der Waals surface area contributed by atoms with Crippen molar-refractivity contribution in [1.29, 1.82) is 0 Å². The highest BCUT2D eigenvalue weighted by atomic mass is 15.0. The Kier molecular flexibility index (Phi) is 6.90. The number of benzene rings is 6. The molecule has 1 aliphatic carbocycles. The summed E-state index contributed by atoms with van der Waals surface area (Å²) in [5, 5.41) is 5.13. The molecule has 50 heavy (non-hydrogen) atoms. The highest BCUT2D eigenvalue weighted by Crippen LogP contribution is 2.42. The van der Waals surface area contributed by atoms with E-state index in [2.05, 4.69) is 166 Å². The molecular formula is C47H37N3. The van der Waals surface area contributed by atoms with Crippen molar-refractivity contribution >= 4 is 43.6 Å². The molecule has 0 amide bonds. The minimum atomic E-state index is 0.550. The van der Waals surface area contributed by atoms with Crippen LogP contribution in [-0.2, 0) is 0 Å². The molecule has 3 nitrogen and oxygen atoms in total. The molecule has 240 valence electrons. The first-order chi connectivity index (χ1) is 24.8. The summed E-state index contributed by atoms with van der Waals surface area (Å²) >= 11 is 0. The molecule has 1 saturated carbocycles. The summed E-state index contributed by atoms with van der Waals surface area (Å²) in [6, 6.07) is 56.1. The van der Waals surface area contributed by atoms with Gasteiger partial charge in [-0.25, -0.2) is 0 Å². The zero-order chi connectivity index (χ0) is 33.0. The van der Waals surface area contributed by atoms with E-state index in [1.54, 1.807) is 0 Å². The number of hydrogen-bond acceptors (Lipinski definition) is 1. The van der Waals surface area contributed by atoms with Crippen molar-refractivity contribution in [3.05, 3.63) is 175 Å². The summed E-state index contributed by atoms with van der Waals surface area (Å²) in [6.07, 6.45) is 8.83. The van der Waals surface area contributed by atoms with Crippen molar-refractivity contribution in [2.45, 2.75) is 37.5 Å². The first-order valence-corrected chi connectivity index (χ1v) is 17.9. The Labute approximate surface area is 292 Å². The summed E-state index contributed by atoms with van der Waals surface area (Å²) in [7, 11) is 0. The normalized spacial score (nSPS) is 16.5. The first-order valence-electron chi connectivity index (χ1n) is 17.9. The van der Waals surface area contributed by atoms with Crippen molar-refractivity contribution in [1.82, 2.24) is 14.1 Å². The van der Waals surface area contributed by atoms with Gasteiger partial charge in [-0.2, -0.15) is 0 Å². The molecule has 0 spiro atoms. The lowest BCUT2D eigenvalue weighted by Gasteiger charge is -2.30. The predicted molar refractivity (Wildman–Crippen MR) is 209 cm³/mol. The van der Waals surface area contributed by atoms with Crippen molar-refractivity contribution in [3.8, 4) is 22.5 Å². The van der Waals surface area contributed by atoms with Crippen LogP contribution in [-0.4, -0.2) is 14.1 Å². The standard InChI is InChI=1S/C47H37N3/c1-4-19-44-40(16-1)41-17-2-5-20-45(41)49(44)38-14-9-13-36(30-38)37-22-23-43-42-18-3-6-21-46(42)50(47(43)31-37)39-15-8-12-35(29-39)34-11-7-10-33(28-34)32-24-26-48-27-25-32/h1-6,8-9,12-27,29-31,33-34H,7,10-11,28H2. The van der Waals surface area contributed by atoms with E-state index in [0.717, 1.165) is 0 Å². The quantitative estimate of drug-likeness (QED) is 0.183. The molecule has 9 aromatic rings. The highest BCUT2D eigenvalue weighted by Gasteiger charge is 2.25. The van der Waals surface area contributed by atoms with Gasteiger partial charge in [0.05, 0.1) is 22.1 Å². The molecule has 0 bridgehead atoms. The smallest absolute Gasteiger partial charge is 0.0547 e. The lowest BCUT2D eigenvalue weighted by atomic mass is 9.75. The third kappa shape index (κ3) is 4.76. The van der Waals surface area contributed by atoms with Gasteiger partial charge in [-0.05, 0) is 114 Å². The molecule has 3 heterocycles. The summed E-state index contributed by atoms with van der Waals surface area (Å²) in [5.74, 6) is 1.14. The second-order valence-electron chi connectivity index (χ2n) is 13.9. The molecule has 3 heteroatoms. The van der Waals surface area contributed by atoms with Crippen LogP contribution in [0.15, 0.2) is 164 Å². The maximum atomic E-state index is 4.27. The first kappa shape index (κ1) is 29.0. The lowest BCUT2D eigenvalue weighted by Crippen LogP contribution is -2.13. The fourth-order valence-electron chi connectivity index (χ4n) is 8.80. The number of hydrogen-bond donors (Lipinski definition) is 0. The fraction of sp³-hybridized carbons (Fsp3) is 0.128. The third-order valence-electron chi connectivity index (χ3n) is 11.1. The van der Waals surface area contributed by atoms with Crippen LogP contribution >= 0.6 is 0 Å². The minimum absolute atomic E-state index is 0.550. The van der Waals surface area contributed by atoms with Crippen LogP contribution in [0.2, 0.25) is 0 Å². The highest BCUT2D eigenvalue weighted by molar-refractivity contribution is 6.11. The maximum absolute atomic E-state index is 4.27. The predicted octanol–water partition coefficient (Wildman–Crippen LogP) is 12.4. The van der Waals surface area contributed by atoms with Crippen LogP contribution < -0.4 is 0 Å². The molecular weight excluding hydrogens is 607 g/mol. The number of para-hydroxylation sites is 3. The lowest BCUT2D eigenvalue weighted by molar-refractivity contribution is 0.394. The SMILES string of the molecule is c1cc(-c2ccc3c4ccccc4n(-c4cccc(C5CCCC(c6ccncc6)C5)c4)c3c2)cc(-n2c3ccccc3c3ccccc32)c1. The van der Waals surface area contributed by atoms with E-state index in [1.807, 2.05) is 12.4 Å². The number of pyridine rings is 1. The molecule has 0 radical (unpaired) electrons. The van der Waals surface area contributed by atoms with Crippen molar-refractivity contribution in [2.24, 2.45) is 0 Å². The number of aromatic nitrogens is 3. The topological polar surface area (TPSA) is 22.8 Å². The van der Waals surface area contributed by atoms with Gasteiger partial charge in [0.1, 0.15) is 0 Å². The second kappa shape index (κ2) is 11.9. The van der Waals surface area contributed by atoms with Crippen LogP contribution in [0.1, 0.15) is 48.6 Å². The van der Waals surface area contributed by atoms with E-state index in [0.29, 0.717) is 11.8 Å². The molecule has 1 fully saturated rings. The van der Waals surface area contributed by atoms with Gasteiger partial charge in [-0.1, -0.05) is 97.4 Å². The van der Waals surface area contributed by atoms with Crippen LogP contribution in [0.25, 0.3) is 66.1 Å². The Morgan fingerprint density at radius 3 is 1.64 bits per heavy atom. The number of nitrogens with zero attached hydrogens (tertiary/aromatic N) is 3. The maximum Gasteiger partial charge on any atom is 0.0547 e. The van der Waals surface area contributed by atoms with Crippen LogP contribution in [0.4, 0.5) is 0 Å². The van der Waals surface area contributed by atoms with Gasteiger partial charge < -0.3 is 9.13 Å². The molecule has 0 saturated heterocycles. The van der Waals surface area contributed by atoms with Gasteiger partial charge in [0.25, 0.3) is 0 Å². The summed E-state index contributed by atoms with van der Waals surface area (Å²) in [5.41, 5.74) is 12.6. The molecule has 6 aromatic carbocycles. The largest absolute Gasteiger partial charge is 0.309 e. The van der Waals surface area contributed by atoms with E-state index < -0.39 is 0 Å². The van der Waals surface area contributed by atoms with Gasteiger partial charge in [0.15, 0.2) is 0 Å². The molecule has 1 aliphatic rings. The van der Waals surface area contributed by atoms with Gasteiger partial charge in [-0.3, -0.25) is 4.98 Å². The van der Waals surface area contributed by atoms with Gasteiger partial charge in [0, 0.05) is 45.3 Å².